The van der Waals surface area contributed by atoms with Gasteiger partial charge in [0.2, 0.25) is 0 Å². The van der Waals surface area contributed by atoms with Gasteiger partial charge in [-0.15, -0.1) is 0 Å². The standard InChI is InChI=1S/C28H48O7/c1-3-4-5-6-7-8-9-10-11-12-13-14-23(32-21(2)29)18-24-17-22(30)19-28(34-24)20-26-25(35-28)15-16-27(31)33-26/h22-26,30H,3-20H2,1-2H3. The second-order valence-electron chi connectivity index (χ2n) is 11.0. The lowest BCUT2D eigenvalue weighted by Crippen LogP contribution is -2.47. The highest BCUT2D eigenvalue weighted by atomic mass is 16.7. The van der Waals surface area contributed by atoms with Crippen molar-refractivity contribution in [2.75, 3.05) is 0 Å². The second-order valence-corrected chi connectivity index (χ2v) is 11.0. The van der Waals surface area contributed by atoms with Gasteiger partial charge in [-0.25, -0.2) is 0 Å². The molecule has 3 saturated heterocycles. The van der Waals surface area contributed by atoms with E-state index >= 15 is 0 Å². The summed E-state index contributed by atoms with van der Waals surface area (Å²) in [4.78, 5) is 23.4. The van der Waals surface area contributed by atoms with E-state index in [1.54, 1.807) is 0 Å². The van der Waals surface area contributed by atoms with Crippen molar-refractivity contribution >= 4 is 11.9 Å². The summed E-state index contributed by atoms with van der Waals surface area (Å²) in [5, 5.41) is 10.6. The van der Waals surface area contributed by atoms with Crippen molar-refractivity contribution < 1.29 is 33.6 Å². The Balaban J connectivity index is 1.38. The Kier molecular flexibility index (Phi) is 11.8. The fourth-order valence-corrected chi connectivity index (χ4v) is 5.97. The molecule has 1 N–H and O–H groups in total. The average molecular weight is 497 g/mol. The number of ether oxygens (including phenoxy) is 4. The van der Waals surface area contributed by atoms with Gasteiger partial charge in [0.05, 0.1) is 18.3 Å². The molecule has 6 atom stereocenters. The first-order chi connectivity index (χ1) is 16.9. The average Bonchev–Trinajstić information content (AvgIpc) is 3.12. The molecule has 0 aromatic heterocycles. The highest BCUT2D eigenvalue weighted by Crippen LogP contribution is 2.45. The second kappa shape index (κ2) is 14.5. The van der Waals surface area contributed by atoms with Gasteiger partial charge in [0, 0.05) is 32.6 Å². The zero-order valence-corrected chi connectivity index (χ0v) is 22.0. The van der Waals surface area contributed by atoms with Crippen molar-refractivity contribution in [1.29, 1.82) is 0 Å². The molecule has 0 amide bonds. The largest absolute Gasteiger partial charge is 0.462 e. The molecule has 3 heterocycles. The number of carbonyl (C=O) groups excluding carboxylic acids is 2. The molecular weight excluding hydrogens is 448 g/mol. The molecule has 0 aromatic carbocycles. The molecule has 0 aromatic rings. The third-order valence-corrected chi connectivity index (χ3v) is 7.66. The molecule has 7 nitrogen and oxygen atoms in total. The fourth-order valence-electron chi connectivity index (χ4n) is 5.97. The summed E-state index contributed by atoms with van der Waals surface area (Å²) in [6, 6.07) is 0. The molecule has 0 bridgehead atoms. The third-order valence-electron chi connectivity index (χ3n) is 7.66. The van der Waals surface area contributed by atoms with Crippen LogP contribution in [0.1, 0.15) is 129 Å². The van der Waals surface area contributed by atoms with Gasteiger partial charge in [0.1, 0.15) is 12.2 Å². The fraction of sp³-hybridized carbons (Fsp3) is 0.929. The normalized spacial score (nSPS) is 31.2. The lowest BCUT2D eigenvalue weighted by Gasteiger charge is -2.41. The molecule has 0 radical (unpaired) electrons. The molecule has 0 saturated carbocycles. The predicted octanol–water partition coefficient (Wildman–Crippen LogP) is 5.74. The minimum atomic E-state index is -0.917. The van der Waals surface area contributed by atoms with Crippen LogP contribution >= 0.6 is 0 Å². The van der Waals surface area contributed by atoms with Crippen LogP contribution < -0.4 is 0 Å². The van der Waals surface area contributed by atoms with Crippen LogP contribution in [-0.2, 0) is 28.5 Å². The van der Waals surface area contributed by atoms with Gasteiger partial charge in [-0.1, -0.05) is 71.1 Å². The summed E-state index contributed by atoms with van der Waals surface area (Å²) in [6.07, 6.45) is 16.2. The SMILES string of the molecule is CCCCCCCCCCCCCC(CC1CC(O)CC2(CC3OC(=O)CCC3O2)O1)OC(C)=O. The van der Waals surface area contributed by atoms with Crippen LogP contribution in [0, 0.1) is 0 Å². The van der Waals surface area contributed by atoms with E-state index in [2.05, 4.69) is 6.92 Å². The molecule has 0 aliphatic carbocycles. The highest BCUT2D eigenvalue weighted by molar-refractivity contribution is 5.70. The van der Waals surface area contributed by atoms with E-state index in [0.717, 1.165) is 19.3 Å². The highest BCUT2D eigenvalue weighted by Gasteiger charge is 2.54. The summed E-state index contributed by atoms with van der Waals surface area (Å²) >= 11 is 0. The first kappa shape index (κ1) is 28.4. The maximum absolute atomic E-state index is 11.7. The Labute approximate surface area is 211 Å². The van der Waals surface area contributed by atoms with Crippen LogP contribution in [0.25, 0.3) is 0 Å². The summed E-state index contributed by atoms with van der Waals surface area (Å²) in [6.45, 7) is 3.70. The summed E-state index contributed by atoms with van der Waals surface area (Å²) < 4.78 is 23.7. The van der Waals surface area contributed by atoms with Gasteiger partial charge < -0.3 is 24.1 Å². The van der Waals surface area contributed by atoms with Crippen LogP contribution in [0.15, 0.2) is 0 Å². The van der Waals surface area contributed by atoms with Gasteiger partial charge in [-0.3, -0.25) is 9.59 Å². The maximum Gasteiger partial charge on any atom is 0.306 e. The van der Waals surface area contributed by atoms with Crippen molar-refractivity contribution in [1.82, 2.24) is 0 Å². The van der Waals surface area contributed by atoms with E-state index in [1.807, 2.05) is 0 Å². The van der Waals surface area contributed by atoms with Gasteiger partial charge in [-0.2, -0.15) is 0 Å². The number of esters is 2. The lowest BCUT2D eigenvalue weighted by atomic mass is 9.91. The molecule has 35 heavy (non-hydrogen) atoms. The van der Waals surface area contributed by atoms with Crippen LogP contribution in [0.4, 0.5) is 0 Å². The Hall–Kier alpha value is -1.18. The zero-order chi connectivity index (χ0) is 25.1. The van der Waals surface area contributed by atoms with E-state index in [1.165, 1.54) is 64.7 Å². The van der Waals surface area contributed by atoms with Crippen molar-refractivity contribution in [3.63, 3.8) is 0 Å². The van der Waals surface area contributed by atoms with E-state index < -0.39 is 11.9 Å². The van der Waals surface area contributed by atoms with Gasteiger partial charge >= 0.3 is 11.9 Å². The first-order valence-electron chi connectivity index (χ1n) is 14.3. The minimum Gasteiger partial charge on any atom is -0.462 e. The molecule has 3 aliphatic heterocycles. The van der Waals surface area contributed by atoms with E-state index in [9.17, 15) is 14.7 Å². The number of hydrogen-bond donors (Lipinski definition) is 1. The van der Waals surface area contributed by atoms with Crippen LogP contribution in [0.5, 0.6) is 0 Å². The number of aliphatic hydroxyl groups excluding tert-OH is 1. The molecule has 1 spiro atoms. The predicted molar refractivity (Wildman–Crippen MR) is 133 cm³/mol. The zero-order valence-electron chi connectivity index (χ0n) is 22.0. The summed E-state index contributed by atoms with van der Waals surface area (Å²) in [5.74, 6) is -1.39. The number of aliphatic hydroxyl groups is 1. The Morgan fingerprint density at radius 2 is 1.66 bits per heavy atom. The number of rotatable bonds is 15. The van der Waals surface area contributed by atoms with Crippen molar-refractivity contribution in [3.05, 3.63) is 0 Å². The van der Waals surface area contributed by atoms with Gasteiger partial charge in [-0.05, 0) is 25.7 Å². The molecule has 202 valence electrons. The number of carbonyl (C=O) groups is 2. The van der Waals surface area contributed by atoms with Gasteiger partial charge in [0.25, 0.3) is 0 Å². The molecule has 7 heteroatoms. The van der Waals surface area contributed by atoms with Crippen molar-refractivity contribution in [2.45, 2.75) is 166 Å². The van der Waals surface area contributed by atoms with Gasteiger partial charge in [0.15, 0.2) is 5.79 Å². The first-order valence-corrected chi connectivity index (χ1v) is 14.3. The Morgan fingerprint density at radius 3 is 2.31 bits per heavy atom. The maximum atomic E-state index is 11.7. The summed E-state index contributed by atoms with van der Waals surface area (Å²) in [7, 11) is 0. The van der Waals surface area contributed by atoms with E-state index in [-0.39, 0.29) is 36.4 Å². The lowest BCUT2D eigenvalue weighted by molar-refractivity contribution is -0.290. The molecule has 3 rings (SSSR count). The van der Waals surface area contributed by atoms with Crippen LogP contribution in [0.2, 0.25) is 0 Å². The summed E-state index contributed by atoms with van der Waals surface area (Å²) in [5.41, 5.74) is 0. The van der Waals surface area contributed by atoms with Crippen molar-refractivity contribution in [2.24, 2.45) is 0 Å². The quantitative estimate of drug-likeness (QED) is 0.228. The molecule has 6 unspecified atom stereocenters. The number of hydrogen-bond acceptors (Lipinski definition) is 7. The van der Waals surface area contributed by atoms with Crippen LogP contribution in [0.3, 0.4) is 0 Å². The topological polar surface area (TPSA) is 91.3 Å². The smallest absolute Gasteiger partial charge is 0.306 e. The van der Waals surface area contributed by atoms with Crippen LogP contribution in [-0.4, -0.2) is 53.4 Å². The van der Waals surface area contributed by atoms with Crippen molar-refractivity contribution in [3.8, 4) is 0 Å². The molecule has 3 fully saturated rings. The van der Waals surface area contributed by atoms with E-state index in [0.29, 0.717) is 38.5 Å². The van der Waals surface area contributed by atoms with E-state index in [4.69, 9.17) is 18.9 Å². The monoisotopic (exact) mass is 496 g/mol. The number of unbranched alkanes of at least 4 members (excludes halogenated alkanes) is 10. The molecular formula is C28H48O7. The minimum absolute atomic E-state index is 0.167. The third kappa shape index (κ3) is 9.66. The Morgan fingerprint density at radius 1 is 1.00 bits per heavy atom. The Bertz CT molecular complexity index is 653. The number of fused-ring (bicyclic) bond motifs is 1. The molecule has 3 aliphatic rings.